The molecule has 1 rings (SSSR count). The number of carboxylic acids is 1. The minimum atomic E-state index is -0.869. The predicted octanol–water partition coefficient (Wildman–Crippen LogP) is 3.16. The number of aliphatic carboxylic acids is 1. The Morgan fingerprint density at radius 2 is 1.85 bits per heavy atom. The van der Waals surface area contributed by atoms with Gasteiger partial charge in [0.1, 0.15) is 11.3 Å². The van der Waals surface area contributed by atoms with E-state index in [1.165, 1.54) is 0 Å². The fourth-order valence-corrected chi connectivity index (χ4v) is 1.97. The monoisotopic (exact) mass is 279 g/mol. The van der Waals surface area contributed by atoms with Crippen LogP contribution in [0.2, 0.25) is 0 Å². The van der Waals surface area contributed by atoms with Crippen molar-refractivity contribution in [1.29, 1.82) is 0 Å². The third-order valence-electron chi connectivity index (χ3n) is 3.47. The van der Waals surface area contributed by atoms with E-state index < -0.39 is 11.5 Å². The molecule has 20 heavy (non-hydrogen) atoms. The summed E-state index contributed by atoms with van der Waals surface area (Å²) in [6.07, 6.45) is 0.984. The molecule has 1 aromatic carbocycles. The van der Waals surface area contributed by atoms with E-state index in [2.05, 4.69) is 6.92 Å². The van der Waals surface area contributed by atoms with Crippen molar-refractivity contribution in [2.75, 3.05) is 13.2 Å². The molecule has 0 unspecified atom stereocenters. The summed E-state index contributed by atoms with van der Waals surface area (Å²) in [5.74, 6) is 0.0541. The second kappa shape index (κ2) is 7.29. The summed E-state index contributed by atoms with van der Waals surface area (Å²) < 4.78 is 5.54. The van der Waals surface area contributed by atoms with Gasteiger partial charge in [-0.25, -0.2) is 0 Å². The van der Waals surface area contributed by atoms with Crippen LogP contribution in [-0.2, 0) is 11.3 Å². The van der Waals surface area contributed by atoms with Gasteiger partial charge in [-0.1, -0.05) is 26.0 Å². The maximum Gasteiger partial charge on any atom is 0.323 e. The highest BCUT2D eigenvalue weighted by Crippen LogP contribution is 2.20. The van der Waals surface area contributed by atoms with E-state index in [0.29, 0.717) is 19.7 Å². The second-order valence-corrected chi connectivity index (χ2v) is 5.37. The molecule has 112 valence electrons. The van der Waals surface area contributed by atoms with Crippen LogP contribution in [0.5, 0.6) is 5.75 Å². The Morgan fingerprint density at radius 3 is 2.30 bits per heavy atom. The Balaban J connectivity index is 2.73. The van der Waals surface area contributed by atoms with Gasteiger partial charge in [-0.05, 0) is 44.5 Å². The van der Waals surface area contributed by atoms with Gasteiger partial charge in [0.25, 0.3) is 0 Å². The van der Waals surface area contributed by atoms with E-state index in [0.717, 1.165) is 17.7 Å². The molecule has 0 aliphatic carbocycles. The molecule has 0 saturated heterocycles. The lowest BCUT2D eigenvalue weighted by atomic mass is 10.0. The lowest BCUT2D eigenvalue weighted by Gasteiger charge is -2.34. The molecule has 0 fully saturated rings. The molecule has 0 radical (unpaired) electrons. The summed E-state index contributed by atoms with van der Waals surface area (Å²) in [4.78, 5) is 13.3. The Labute approximate surface area is 121 Å². The maximum absolute atomic E-state index is 11.3. The van der Waals surface area contributed by atoms with Crippen LogP contribution in [0.3, 0.4) is 0 Å². The summed E-state index contributed by atoms with van der Waals surface area (Å²) in [6, 6.07) is 7.86. The molecule has 4 heteroatoms. The van der Waals surface area contributed by atoms with Gasteiger partial charge < -0.3 is 9.84 Å². The predicted molar refractivity (Wildman–Crippen MR) is 80.0 cm³/mol. The minimum Gasteiger partial charge on any atom is -0.494 e. The van der Waals surface area contributed by atoms with Crippen LogP contribution in [0.1, 0.15) is 39.7 Å². The fraction of sp³-hybridized carbons (Fsp3) is 0.562. The van der Waals surface area contributed by atoms with E-state index in [9.17, 15) is 9.90 Å². The third kappa shape index (κ3) is 4.23. The molecule has 0 amide bonds. The van der Waals surface area contributed by atoms with Crippen molar-refractivity contribution in [3.8, 4) is 5.75 Å². The highest BCUT2D eigenvalue weighted by Gasteiger charge is 2.33. The van der Waals surface area contributed by atoms with E-state index in [-0.39, 0.29) is 0 Å². The second-order valence-electron chi connectivity index (χ2n) is 5.37. The van der Waals surface area contributed by atoms with Crippen LogP contribution >= 0.6 is 0 Å². The number of nitrogens with zero attached hydrogens (tertiary/aromatic N) is 1. The zero-order valence-electron chi connectivity index (χ0n) is 12.8. The van der Waals surface area contributed by atoms with Gasteiger partial charge in [-0.3, -0.25) is 9.69 Å². The van der Waals surface area contributed by atoms with Crippen LogP contribution in [0.25, 0.3) is 0 Å². The first-order valence-corrected chi connectivity index (χ1v) is 7.12. The van der Waals surface area contributed by atoms with Crippen molar-refractivity contribution in [1.82, 2.24) is 4.90 Å². The van der Waals surface area contributed by atoms with Crippen LogP contribution in [-0.4, -0.2) is 34.7 Å². The number of hydrogen-bond donors (Lipinski definition) is 1. The lowest BCUT2D eigenvalue weighted by Crippen LogP contribution is -2.49. The molecule has 4 nitrogen and oxygen atoms in total. The number of carbonyl (C=O) groups is 1. The van der Waals surface area contributed by atoms with E-state index in [1.54, 1.807) is 13.8 Å². The maximum atomic E-state index is 11.3. The molecule has 0 aliphatic heterocycles. The van der Waals surface area contributed by atoms with Gasteiger partial charge in [-0.2, -0.15) is 0 Å². The SMILES string of the molecule is CCCOc1ccc(CN(CC)C(C)(C)C(=O)O)cc1. The van der Waals surface area contributed by atoms with Crippen molar-refractivity contribution < 1.29 is 14.6 Å². The molecule has 1 aromatic rings. The molecular formula is C16H25NO3. The third-order valence-corrected chi connectivity index (χ3v) is 3.47. The first kappa shape index (κ1) is 16.5. The lowest BCUT2D eigenvalue weighted by molar-refractivity contribution is -0.149. The first-order valence-electron chi connectivity index (χ1n) is 7.12. The van der Waals surface area contributed by atoms with Crippen LogP contribution in [0.4, 0.5) is 0 Å². The van der Waals surface area contributed by atoms with Gasteiger partial charge >= 0.3 is 5.97 Å². The summed E-state index contributed by atoms with van der Waals surface area (Å²) in [5.41, 5.74) is 0.219. The van der Waals surface area contributed by atoms with Gasteiger partial charge in [0.2, 0.25) is 0 Å². The molecule has 0 heterocycles. The number of hydrogen-bond acceptors (Lipinski definition) is 3. The molecule has 0 spiro atoms. The van der Waals surface area contributed by atoms with Crippen LogP contribution in [0.15, 0.2) is 24.3 Å². The summed E-state index contributed by atoms with van der Waals surface area (Å²) in [5, 5.41) is 9.30. The fourth-order valence-electron chi connectivity index (χ4n) is 1.97. The van der Waals surface area contributed by atoms with Crippen molar-refractivity contribution in [3.05, 3.63) is 29.8 Å². The Kier molecular flexibility index (Phi) is 6.02. The smallest absolute Gasteiger partial charge is 0.323 e. The highest BCUT2D eigenvalue weighted by atomic mass is 16.5. The van der Waals surface area contributed by atoms with Gasteiger partial charge in [0.05, 0.1) is 6.61 Å². The molecule has 0 saturated carbocycles. The van der Waals surface area contributed by atoms with Crippen molar-refractivity contribution >= 4 is 5.97 Å². The molecule has 0 bridgehead atoms. The average Bonchev–Trinajstić information content (AvgIpc) is 2.43. The topological polar surface area (TPSA) is 49.8 Å². The number of carboxylic acid groups (broad SMARTS) is 1. The van der Waals surface area contributed by atoms with Crippen LogP contribution < -0.4 is 4.74 Å². The van der Waals surface area contributed by atoms with Gasteiger partial charge in [-0.15, -0.1) is 0 Å². The molecule has 0 aromatic heterocycles. The first-order chi connectivity index (χ1) is 9.41. The molecular weight excluding hydrogens is 254 g/mol. The Bertz CT molecular complexity index is 426. The van der Waals surface area contributed by atoms with Gasteiger partial charge in [0, 0.05) is 6.54 Å². The quantitative estimate of drug-likeness (QED) is 0.794. The van der Waals surface area contributed by atoms with E-state index in [1.807, 2.05) is 36.1 Å². The summed E-state index contributed by atoms with van der Waals surface area (Å²) >= 11 is 0. The van der Waals surface area contributed by atoms with E-state index in [4.69, 9.17) is 4.74 Å². The zero-order chi connectivity index (χ0) is 15.2. The summed E-state index contributed by atoms with van der Waals surface area (Å²) in [6.45, 7) is 9.53. The van der Waals surface area contributed by atoms with Crippen molar-refractivity contribution in [2.24, 2.45) is 0 Å². The number of ether oxygens (including phenoxy) is 1. The number of likely N-dealkylation sites (N-methyl/N-ethyl adjacent to an activating group) is 1. The zero-order valence-corrected chi connectivity index (χ0v) is 12.8. The number of benzene rings is 1. The number of rotatable bonds is 8. The standard InChI is InChI=1S/C16H25NO3/c1-5-11-20-14-9-7-13(8-10-14)12-17(6-2)16(3,4)15(18)19/h7-10H,5-6,11-12H2,1-4H3,(H,18,19). The Morgan fingerprint density at radius 1 is 1.25 bits per heavy atom. The molecule has 0 atom stereocenters. The highest BCUT2D eigenvalue weighted by molar-refractivity contribution is 5.77. The summed E-state index contributed by atoms with van der Waals surface area (Å²) in [7, 11) is 0. The van der Waals surface area contributed by atoms with Crippen molar-refractivity contribution in [3.63, 3.8) is 0 Å². The van der Waals surface area contributed by atoms with E-state index >= 15 is 0 Å². The molecule has 0 aliphatic rings. The molecule has 1 N–H and O–H groups in total. The average molecular weight is 279 g/mol. The van der Waals surface area contributed by atoms with Crippen LogP contribution in [0, 0.1) is 0 Å². The van der Waals surface area contributed by atoms with Gasteiger partial charge in [0.15, 0.2) is 0 Å². The largest absolute Gasteiger partial charge is 0.494 e. The Hall–Kier alpha value is -1.55. The van der Waals surface area contributed by atoms with Crippen molar-refractivity contribution in [2.45, 2.75) is 46.2 Å². The minimum absolute atomic E-state index is 0.615. The normalized spacial score (nSPS) is 11.7.